The van der Waals surface area contributed by atoms with Crippen LogP contribution in [-0.2, 0) is 9.53 Å². The molecule has 0 aliphatic carbocycles. The molecule has 1 aromatic rings. The molecule has 1 aliphatic rings. The van der Waals surface area contributed by atoms with Crippen molar-refractivity contribution in [2.45, 2.75) is 6.92 Å². The van der Waals surface area contributed by atoms with E-state index in [9.17, 15) is 4.79 Å². The third-order valence-corrected chi connectivity index (χ3v) is 3.33. The van der Waals surface area contributed by atoms with Crippen LogP contribution in [0.2, 0.25) is 5.02 Å². The fourth-order valence-electron chi connectivity index (χ4n) is 2.04. The number of methoxy groups -OCH3 is 2. The number of benzene rings is 1. The fourth-order valence-corrected chi connectivity index (χ4v) is 2.39. The van der Waals surface area contributed by atoms with E-state index in [1.807, 2.05) is 0 Å². The van der Waals surface area contributed by atoms with Gasteiger partial charge in [0.25, 0.3) is 0 Å². The number of halogens is 1. The van der Waals surface area contributed by atoms with Gasteiger partial charge in [-0.2, -0.15) is 0 Å². The Morgan fingerprint density at radius 3 is 2.75 bits per heavy atom. The predicted octanol–water partition coefficient (Wildman–Crippen LogP) is 2.73. The number of fused-ring (bicyclic) bond motifs is 1. The van der Waals surface area contributed by atoms with Crippen LogP contribution >= 0.6 is 11.6 Å². The number of rotatable bonds is 4. The van der Waals surface area contributed by atoms with Crippen molar-refractivity contribution in [2.75, 3.05) is 32.7 Å². The number of hydrogen-bond acceptors (Lipinski definition) is 5. The largest absolute Gasteiger partial charge is 0.493 e. The van der Waals surface area contributed by atoms with Crippen molar-refractivity contribution in [2.24, 2.45) is 0 Å². The van der Waals surface area contributed by atoms with Gasteiger partial charge in [-0.15, -0.1) is 0 Å². The molecule has 2 rings (SSSR count). The summed E-state index contributed by atoms with van der Waals surface area (Å²) in [6.45, 7) is 2.48. The molecule has 0 atom stereocenters. The molecule has 0 radical (unpaired) electrons. The van der Waals surface area contributed by atoms with Gasteiger partial charge < -0.3 is 19.5 Å². The smallest absolute Gasteiger partial charge is 0.335 e. The van der Waals surface area contributed by atoms with Crippen molar-refractivity contribution in [3.05, 3.63) is 22.2 Å². The Bertz CT molecular complexity index is 569. The van der Waals surface area contributed by atoms with Crippen molar-refractivity contribution >= 4 is 29.3 Å². The summed E-state index contributed by atoms with van der Waals surface area (Å²) in [5.41, 5.74) is 2.03. The molecule has 20 heavy (non-hydrogen) atoms. The van der Waals surface area contributed by atoms with Gasteiger partial charge in [-0.05, 0) is 19.1 Å². The van der Waals surface area contributed by atoms with Crippen molar-refractivity contribution in [1.29, 1.82) is 0 Å². The molecule has 1 heterocycles. The summed E-state index contributed by atoms with van der Waals surface area (Å²) >= 11 is 6.29. The average molecular weight is 298 g/mol. The molecular weight excluding hydrogens is 282 g/mol. The zero-order valence-electron chi connectivity index (χ0n) is 11.6. The highest BCUT2D eigenvalue weighted by Crippen LogP contribution is 2.44. The number of ether oxygens (including phenoxy) is 3. The van der Waals surface area contributed by atoms with Crippen molar-refractivity contribution in [3.63, 3.8) is 0 Å². The summed E-state index contributed by atoms with van der Waals surface area (Å²) in [4.78, 5) is 11.8. The van der Waals surface area contributed by atoms with Crippen molar-refractivity contribution in [1.82, 2.24) is 0 Å². The molecule has 0 amide bonds. The lowest BCUT2D eigenvalue weighted by Gasteiger charge is -2.21. The second-order valence-corrected chi connectivity index (χ2v) is 4.51. The third-order valence-electron chi connectivity index (χ3n) is 2.96. The van der Waals surface area contributed by atoms with Crippen LogP contribution in [0.1, 0.15) is 12.5 Å². The van der Waals surface area contributed by atoms with Gasteiger partial charge in [-0.25, -0.2) is 4.79 Å². The molecular formula is C14H16ClNO4. The van der Waals surface area contributed by atoms with Gasteiger partial charge in [-0.1, -0.05) is 11.6 Å². The van der Waals surface area contributed by atoms with Gasteiger partial charge in [0.2, 0.25) is 0 Å². The lowest BCUT2D eigenvalue weighted by molar-refractivity contribution is -0.138. The molecule has 1 aliphatic heterocycles. The van der Waals surface area contributed by atoms with E-state index >= 15 is 0 Å². The van der Waals surface area contributed by atoms with Gasteiger partial charge in [-0.3, -0.25) is 0 Å². The molecule has 0 aromatic heterocycles. The van der Waals surface area contributed by atoms with E-state index in [1.165, 1.54) is 14.2 Å². The normalized spacial score (nSPS) is 12.9. The standard InChI is InChI=1S/C14H16ClNO4/c1-4-20-14(17)9-5-8-6-10(18-2)13(19-3)11(15)12(8)16-7-9/h5-6,16H,4,7H2,1-3H3. The topological polar surface area (TPSA) is 56.8 Å². The van der Waals surface area contributed by atoms with Gasteiger partial charge in [0.1, 0.15) is 5.02 Å². The fraction of sp³-hybridized carbons (Fsp3) is 0.357. The maximum absolute atomic E-state index is 11.8. The lowest BCUT2D eigenvalue weighted by atomic mass is 10.0. The molecule has 108 valence electrons. The van der Waals surface area contributed by atoms with Crippen LogP contribution in [0.3, 0.4) is 0 Å². The van der Waals surface area contributed by atoms with Crippen molar-refractivity contribution < 1.29 is 19.0 Å². The average Bonchev–Trinajstić information content (AvgIpc) is 2.46. The summed E-state index contributed by atoms with van der Waals surface area (Å²) in [5, 5.41) is 3.54. The highest BCUT2D eigenvalue weighted by Gasteiger charge is 2.23. The predicted molar refractivity (Wildman–Crippen MR) is 77.7 cm³/mol. The Balaban J connectivity index is 2.47. The first-order valence-electron chi connectivity index (χ1n) is 6.18. The first-order valence-corrected chi connectivity index (χ1v) is 6.56. The molecule has 0 saturated carbocycles. The van der Waals surface area contributed by atoms with Crippen LogP contribution in [0.4, 0.5) is 5.69 Å². The quantitative estimate of drug-likeness (QED) is 0.866. The van der Waals surface area contributed by atoms with Gasteiger partial charge in [0, 0.05) is 12.1 Å². The number of esters is 1. The molecule has 6 heteroatoms. The Hall–Kier alpha value is -1.88. The minimum Gasteiger partial charge on any atom is -0.493 e. The maximum Gasteiger partial charge on any atom is 0.335 e. The van der Waals surface area contributed by atoms with E-state index in [-0.39, 0.29) is 5.97 Å². The van der Waals surface area contributed by atoms with Gasteiger partial charge in [0.15, 0.2) is 11.5 Å². The summed E-state index contributed by atoms with van der Waals surface area (Å²) < 4.78 is 15.5. The zero-order chi connectivity index (χ0) is 14.7. The first-order chi connectivity index (χ1) is 9.62. The van der Waals surface area contributed by atoms with E-state index in [0.717, 1.165) is 11.3 Å². The molecule has 5 nitrogen and oxygen atoms in total. The van der Waals surface area contributed by atoms with E-state index < -0.39 is 0 Å². The van der Waals surface area contributed by atoms with E-state index in [0.29, 0.717) is 35.2 Å². The lowest BCUT2D eigenvalue weighted by Crippen LogP contribution is -2.19. The second-order valence-electron chi connectivity index (χ2n) is 4.13. The third kappa shape index (κ3) is 2.54. The van der Waals surface area contributed by atoms with E-state index in [1.54, 1.807) is 19.1 Å². The maximum atomic E-state index is 11.8. The number of anilines is 1. The molecule has 1 N–H and O–H groups in total. The SMILES string of the molecule is CCOC(=O)C1=Cc2cc(OC)c(OC)c(Cl)c2NC1. The van der Waals surface area contributed by atoms with Crippen molar-refractivity contribution in [3.8, 4) is 11.5 Å². The molecule has 0 spiro atoms. The summed E-state index contributed by atoms with van der Waals surface area (Å²) in [7, 11) is 3.06. The zero-order valence-corrected chi connectivity index (χ0v) is 12.3. The number of nitrogens with one attached hydrogen (secondary N) is 1. The number of carbonyl (C=O) groups excluding carboxylic acids is 1. The van der Waals surface area contributed by atoms with Crippen LogP contribution in [-0.4, -0.2) is 33.3 Å². The monoisotopic (exact) mass is 297 g/mol. The van der Waals surface area contributed by atoms with Gasteiger partial charge in [0.05, 0.1) is 32.1 Å². The van der Waals surface area contributed by atoms with Crippen LogP contribution in [0.5, 0.6) is 11.5 Å². The summed E-state index contributed by atoms with van der Waals surface area (Å²) in [6.07, 6.45) is 1.75. The molecule has 1 aromatic carbocycles. The highest BCUT2D eigenvalue weighted by atomic mass is 35.5. The second kappa shape index (κ2) is 6.05. The van der Waals surface area contributed by atoms with Crippen LogP contribution in [0, 0.1) is 0 Å². The molecule has 0 bridgehead atoms. The van der Waals surface area contributed by atoms with E-state index in [2.05, 4.69) is 5.32 Å². The Labute approximate surface area is 122 Å². The summed E-state index contributed by atoms with van der Waals surface area (Å²) in [5.74, 6) is 0.643. The number of carbonyl (C=O) groups is 1. The minimum absolute atomic E-state index is 0.337. The van der Waals surface area contributed by atoms with Crippen LogP contribution in [0.25, 0.3) is 6.08 Å². The number of hydrogen-bond donors (Lipinski definition) is 1. The molecule has 0 saturated heterocycles. The Kier molecular flexibility index (Phi) is 4.39. The summed E-state index contributed by atoms with van der Waals surface area (Å²) in [6, 6.07) is 1.77. The van der Waals surface area contributed by atoms with E-state index in [4.69, 9.17) is 25.8 Å². The Morgan fingerprint density at radius 1 is 1.40 bits per heavy atom. The molecule has 0 unspecified atom stereocenters. The van der Waals surface area contributed by atoms with Crippen LogP contribution < -0.4 is 14.8 Å². The highest BCUT2D eigenvalue weighted by molar-refractivity contribution is 6.35. The Morgan fingerprint density at radius 2 is 2.15 bits per heavy atom. The minimum atomic E-state index is -0.337. The van der Waals surface area contributed by atoms with Gasteiger partial charge >= 0.3 is 5.97 Å². The van der Waals surface area contributed by atoms with Crippen LogP contribution in [0.15, 0.2) is 11.6 Å². The molecule has 0 fully saturated rings. The first kappa shape index (κ1) is 14.5.